The summed E-state index contributed by atoms with van der Waals surface area (Å²) in [7, 11) is 3.29. The van der Waals surface area contributed by atoms with Crippen molar-refractivity contribution in [3.8, 4) is 22.8 Å². The molecule has 0 aliphatic carbocycles. The van der Waals surface area contributed by atoms with E-state index in [-0.39, 0.29) is 12.4 Å². The number of hydrogen-bond donors (Lipinski definition) is 2. The van der Waals surface area contributed by atoms with Crippen LogP contribution in [-0.2, 0) is 0 Å². The van der Waals surface area contributed by atoms with Gasteiger partial charge in [-0.15, -0.1) is 12.4 Å². The van der Waals surface area contributed by atoms with Crippen molar-refractivity contribution in [1.29, 1.82) is 0 Å². The molecule has 8 nitrogen and oxygen atoms in total. The maximum Gasteiger partial charge on any atom is 0.142 e. The molecule has 0 saturated carbocycles. The van der Waals surface area contributed by atoms with Gasteiger partial charge in [-0.25, -0.2) is 4.98 Å². The second-order valence-corrected chi connectivity index (χ2v) is 6.39. The average molecular weight is 427 g/mol. The van der Waals surface area contributed by atoms with Gasteiger partial charge in [0.15, 0.2) is 0 Å². The van der Waals surface area contributed by atoms with Gasteiger partial charge in [0, 0.05) is 36.6 Å². The van der Waals surface area contributed by atoms with Crippen LogP contribution in [-0.4, -0.2) is 47.5 Å². The predicted molar refractivity (Wildman–Crippen MR) is 120 cm³/mol. The van der Waals surface area contributed by atoms with E-state index in [1.54, 1.807) is 32.8 Å². The van der Waals surface area contributed by atoms with E-state index in [4.69, 9.17) is 20.2 Å². The van der Waals surface area contributed by atoms with Crippen LogP contribution < -0.4 is 20.1 Å². The Labute approximate surface area is 180 Å². The lowest BCUT2D eigenvalue weighted by atomic mass is 10.2. The molecule has 0 fully saturated rings. The molecule has 0 saturated heterocycles. The van der Waals surface area contributed by atoms with Crippen LogP contribution in [0.5, 0.6) is 11.5 Å². The Morgan fingerprint density at radius 1 is 1.03 bits per heavy atom. The number of ether oxygens (including phenoxy) is 2. The highest BCUT2D eigenvalue weighted by Gasteiger charge is 2.16. The number of rotatable bonds is 7. The van der Waals surface area contributed by atoms with E-state index in [0.717, 1.165) is 45.2 Å². The fourth-order valence-corrected chi connectivity index (χ4v) is 3.22. The lowest BCUT2D eigenvalue weighted by Gasteiger charge is -2.26. The highest BCUT2D eigenvalue weighted by molar-refractivity contribution is 5.85. The van der Waals surface area contributed by atoms with Gasteiger partial charge in [-0.1, -0.05) is 0 Å². The standard InChI is InChI=1S/C21H22N6O2.ClH/c1-28-16-4-6-21(29-2)20(10-16)27(8-7-22)15-3-5-17-18(9-15)26-19(13-23-17)14-11-24-25-12-14;/h3-6,9-13H,7-8,22H2,1-2H3,(H,24,25);1H. The smallest absolute Gasteiger partial charge is 0.142 e. The normalized spacial score (nSPS) is 10.5. The zero-order valence-corrected chi connectivity index (χ0v) is 17.5. The van der Waals surface area contributed by atoms with E-state index < -0.39 is 0 Å². The van der Waals surface area contributed by atoms with Crippen molar-refractivity contribution in [3.05, 3.63) is 55.0 Å². The Bertz CT molecular complexity index is 1120. The monoisotopic (exact) mass is 426 g/mol. The molecule has 2 aromatic heterocycles. The van der Waals surface area contributed by atoms with Crippen LogP contribution in [0.3, 0.4) is 0 Å². The number of fused-ring (bicyclic) bond motifs is 1. The first-order valence-corrected chi connectivity index (χ1v) is 9.19. The van der Waals surface area contributed by atoms with E-state index in [0.29, 0.717) is 13.1 Å². The van der Waals surface area contributed by atoms with Crippen molar-refractivity contribution in [1.82, 2.24) is 20.2 Å². The lowest BCUT2D eigenvalue weighted by Crippen LogP contribution is -2.25. The highest BCUT2D eigenvalue weighted by atomic mass is 35.5. The zero-order chi connectivity index (χ0) is 20.2. The molecule has 156 valence electrons. The second-order valence-electron chi connectivity index (χ2n) is 6.39. The summed E-state index contributed by atoms with van der Waals surface area (Å²) in [5.41, 5.74) is 11.0. The Morgan fingerprint density at radius 2 is 1.90 bits per heavy atom. The molecule has 30 heavy (non-hydrogen) atoms. The van der Waals surface area contributed by atoms with Crippen molar-refractivity contribution < 1.29 is 9.47 Å². The van der Waals surface area contributed by atoms with Crippen molar-refractivity contribution in [2.75, 3.05) is 32.2 Å². The van der Waals surface area contributed by atoms with Crippen LogP contribution in [0.1, 0.15) is 0 Å². The number of halogens is 1. The number of anilines is 2. The van der Waals surface area contributed by atoms with Crippen LogP contribution in [0.25, 0.3) is 22.3 Å². The molecule has 4 rings (SSSR count). The minimum Gasteiger partial charge on any atom is -0.497 e. The van der Waals surface area contributed by atoms with Crippen molar-refractivity contribution in [2.24, 2.45) is 5.73 Å². The maximum absolute atomic E-state index is 5.91. The van der Waals surface area contributed by atoms with E-state index in [1.165, 1.54) is 0 Å². The van der Waals surface area contributed by atoms with E-state index >= 15 is 0 Å². The number of benzene rings is 2. The quantitative estimate of drug-likeness (QED) is 0.465. The zero-order valence-electron chi connectivity index (χ0n) is 16.7. The Hall–Kier alpha value is -3.36. The first-order chi connectivity index (χ1) is 14.2. The molecule has 0 aliphatic rings. The van der Waals surface area contributed by atoms with Gasteiger partial charge in [0.25, 0.3) is 0 Å². The van der Waals surface area contributed by atoms with Gasteiger partial charge in [0.05, 0.1) is 49.0 Å². The molecule has 0 amide bonds. The fraction of sp³-hybridized carbons (Fsp3) is 0.190. The molecule has 9 heteroatoms. The number of aromatic nitrogens is 4. The van der Waals surface area contributed by atoms with Gasteiger partial charge >= 0.3 is 0 Å². The van der Waals surface area contributed by atoms with Gasteiger partial charge in [-0.3, -0.25) is 10.1 Å². The molecule has 3 N–H and O–H groups in total. The molecule has 0 aliphatic heterocycles. The number of methoxy groups -OCH3 is 2. The molecule has 0 spiro atoms. The molecule has 2 aromatic carbocycles. The molecule has 4 aromatic rings. The fourth-order valence-electron chi connectivity index (χ4n) is 3.22. The Kier molecular flexibility index (Phi) is 6.71. The lowest BCUT2D eigenvalue weighted by molar-refractivity contribution is 0.403. The number of nitrogens with two attached hydrogens (primary N) is 1. The van der Waals surface area contributed by atoms with E-state index in [2.05, 4.69) is 20.1 Å². The van der Waals surface area contributed by atoms with Crippen molar-refractivity contribution >= 4 is 34.8 Å². The Morgan fingerprint density at radius 3 is 2.60 bits per heavy atom. The van der Waals surface area contributed by atoms with Crippen LogP contribution in [0, 0.1) is 0 Å². The molecular formula is C21H23ClN6O2. The molecule has 0 unspecified atom stereocenters. The molecule has 0 radical (unpaired) electrons. The summed E-state index contributed by atoms with van der Waals surface area (Å²) in [6.07, 6.45) is 5.26. The summed E-state index contributed by atoms with van der Waals surface area (Å²) in [6.45, 7) is 1.07. The minimum absolute atomic E-state index is 0. The molecule has 0 bridgehead atoms. The summed E-state index contributed by atoms with van der Waals surface area (Å²) in [4.78, 5) is 11.4. The summed E-state index contributed by atoms with van der Waals surface area (Å²) in [6, 6.07) is 11.6. The topological polar surface area (TPSA) is 102 Å². The first-order valence-electron chi connectivity index (χ1n) is 9.19. The average Bonchev–Trinajstić information content (AvgIpc) is 3.31. The van der Waals surface area contributed by atoms with Crippen LogP contribution in [0.4, 0.5) is 11.4 Å². The highest BCUT2D eigenvalue weighted by Crippen LogP contribution is 2.37. The predicted octanol–water partition coefficient (Wildman–Crippen LogP) is 3.56. The Balaban J connectivity index is 0.00000256. The third-order valence-electron chi connectivity index (χ3n) is 4.66. The van der Waals surface area contributed by atoms with Gasteiger partial charge in [0.2, 0.25) is 0 Å². The van der Waals surface area contributed by atoms with Gasteiger partial charge < -0.3 is 20.1 Å². The third-order valence-corrected chi connectivity index (χ3v) is 4.66. The number of nitrogens with one attached hydrogen (secondary N) is 1. The van der Waals surface area contributed by atoms with Gasteiger partial charge in [-0.2, -0.15) is 5.10 Å². The second kappa shape index (κ2) is 9.43. The van der Waals surface area contributed by atoms with Crippen LogP contribution in [0.2, 0.25) is 0 Å². The van der Waals surface area contributed by atoms with Crippen LogP contribution in [0.15, 0.2) is 55.0 Å². The maximum atomic E-state index is 5.91. The van der Waals surface area contributed by atoms with Gasteiger partial charge in [-0.05, 0) is 30.3 Å². The number of nitrogens with zero attached hydrogens (tertiary/aromatic N) is 4. The molecule has 0 atom stereocenters. The van der Waals surface area contributed by atoms with Crippen LogP contribution >= 0.6 is 12.4 Å². The molecule has 2 heterocycles. The number of hydrogen-bond acceptors (Lipinski definition) is 7. The molecular weight excluding hydrogens is 404 g/mol. The van der Waals surface area contributed by atoms with Crippen molar-refractivity contribution in [2.45, 2.75) is 0 Å². The number of H-pyrrole nitrogens is 1. The minimum atomic E-state index is 0. The first kappa shape index (κ1) is 21.4. The summed E-state index contributed by atoms with van der Waals surface area (Å²) >= 11 is 0. The summed E-state index contributed by atoms with van der Waals surface area (Å²) in [5.74, 6) is 1.48. The largest absolute Gasteiger partial charge is 0.497 e. The number of aromatic amines is 1. The van der Waals surface area contributed by atoms with E-state index in [9.17, 15) is 0 Å². The SMILES string of the molecule is COc1ccc(OC)c(N(CCN)c2ccc3ncc(-c4cn[nH]c4)nc3c2)c1.Cl. The van der Waals surface area contributed by atoms with Crippen molar-refractivity contribution in [3.63, 3.8) is 0 Å². The third kappa shape index (κ3) is 4.14. The van der Waals surface area contributed by atoms with E-state index in [1.807, 2.05) is 36.4 Å². The van der Waals surface area contributed by atoms with Gasteiger partial charge in [0.1, 0.15) is 11.5 Å². The summed E-state index contributed by atoms with van der Waals surface area (Å²) < 4.78 is 11.0. The summed E-state index contributed by atoms with van der Waals surface area (Å²) in [5, 5.41) is 6.79.